The lowest BCUT2D eigenvalue weighted by molar-refractivity contribution is 0.171. The van der Waals surface area contributed by atoms with Gasteiger partial charge in [0, 0.05) is 18.5 Å². The van der Waals surface area contributed by atoms with E-state index in [0.717, 1.165) is 42.4 Å². The van der Waals surface area contributed by atoms with Crippen molar-refractivity contribution in [2.75, 3.05) is 13.3 Å². The quantitative estimate of drug-likeness (QED) is 0.782. The van der Waals surface area contributed by atoms with E-state index in [9.17, 15) is 0 Å². The van der Waals surface area contributed by atoms with Crippen LogP contribution < -0.4 is 9.47 Å². The van der Waals surface area contributed by atoms with Gasteiger partial charge in [0.25, 0.3) is 0 Å². The molecule has 1 aromatic heterocycles. The molecule has 2 aromatic rings. The van der Waals surface area contributed by atoms with Crippen molar-refractivity contribution in [3.05, 3.63) is 35.5 Å². The fourth-order valence-corrected chi connectivity index (χ4v) is 2.62. The summed E-state index contributed by atoms with van der Waals surface area (Å²) in [6.45, 7) is 9.00. The topological polar surface area (TPSA) is 60.6 Å². The molecule has 0 saturated carbocycles. The van der Waals surface area contributed by atoms with E-state index in [4.69, 9.17) is 14.0 Å². The lowest BCUT2D eigenvalue weighted by Gasteiger charge is -2.19. The van der Waals surface area contributed by atoms with Crippen LogP contribution in [0.3, 0.4) is 0 Å². The maximum atomic E-state index is 5.57. The number of fused-ring (bicyclic) bond motifs is 1. The zero-order valence-electron chi connectivity index (χ0n) is 13.9. The Labute approximate surface area is 136 Å². The van der Waals surface area contributed by atoms with E-state index in [1.807, 2.05) is 12.1 Å². The Bertz CT molecular complexity index is 654. The Hall–Kier alpha value is -2.08. The van der Waals surface area contributed by atoms with E-state index in [1.54, 1.807) is 0 Å². The third-order valence-electron chi connectivity index (χ3n) is 3.78. The lowest BCUT2D eigenvalue weighted by atomic mass is 10.1. The molecular weight excluding hydrogens is 294 g/mol. The van der Waals surface area contributed by atoms with Crippen molar-refractivity contribution in [1.29, 1.82) is 0 Å². The predicted octanol–water partition coefficient (Wildman–Crippen LogP) is 3.02. The van der Waals surface area contributed by atoms with Crippen molar-refractivity contribution in [2.45, 2.75) is 40.3 Å². The SMILES string of the molecule is CCN(Cc1noc(CC(C)C)n1)Cc1cccc2c1OCO2. The second-order valence-corrected chi connectivity index (χ2v) is 6.16. The molecule has 124 valence electrons. The summed E-state index contributed by atoms with van der Waals surface area (Å²) in [5, 5.41) is 4.09. The minimum atomic E-state index is 0.294. The minimum absolute atomic E-state index is 0.294. The summed E-state index contributed by atoms with van der Waals surface area (Å²) in [6, 6.07) is 5.99. The van der Waals surface area contributed by atoms with Crippen LogP contribution in [0.1, 0.15) is 38.0 Å². The van der Waals surface area contributed by atoms with Crippen LogP contribution in [0.2, 0.25) is 0 Å². The monoisotopic (exact) mass is 317 g/mol. The highest BCUT2D eigenvalue weighted by atomic mass is 16.7. The van der Waals surface area contributed by atoms with Crippen LogP contribution in [0.25, 0.3) is 0 Å². The molecule has 1 aliphatic rings. The molecule has 0 saturated heterocycles. The van der Waals surface area contributed by atoms with Crippen LogP contribution in [-0.4, -0.2) is 28.4 Å². The van der Waals surface area contributed by atoms with Crippen molar-refractivity contribution >= 4 is 0 Å². The van der Waals surface area contributed by atoms with Crippen molar-refractivity contribution in [1.82, 2.24) is 15.0 Å². The fourth-order valence-electron chi connectivity index (χ4n) is 2.62. The lowest BCUT2D eigenvalue weighted by Crippen LogP contribution is -2.23. The largest absolute Gasteiger partial charge is 0.454 e. The van der Waals surface area contributed by atoms with Crippen LogP contribution >= 0.6 is 0 Å². The number of benzene rings is 1. The van der Waals surface area contributed by atoms with Gasteiger partial charge in [-0.05, 0) is 18.5 Å². The highest BCUT2D eigenvalue weighted by molar-refractivity contribution is 5.48. The molecule has 0 unspecified atom stereocenters. The second kappa shape index (κ2) is 7.00. The van der Waals surface area contributed by atoms with Gasteiger partial charge in [0.2, 0.25) is 12.7 Å². The number of ether oxygens (including phenoxy) is 2. The van der Waals surface area contributed by atoms with Crippen LogP contribution in [0.4, 0.5) is 0 Å². The first kappa shape index (κ1) is 15.8. The van der Waals surface area contributed by atoms with Gasteiger partial charge in [0.1, 0.15) is 0 Å². The first-order valence-corrected chi connectivity index (χ1v) is 8.07. The molecule has 23 heavy (non-hydrogen) atoms. The summed E-state index contributed by atoms with van der Waals surface area (Å²) in [7, 11) is 0. The molecule has 2 heterocycles. The van der Waals surface area contributed by atoms with Gasteiger partial charge < -0.3 is 14.0 Å². The van der Waals surface area contributed by atoms with Gasteiger partial charge in [0.15, 0.2) is 17.3 Å². The van der Waals surface area contributed by atoms with Gasteiger partial charge >= 0.3 is 0 Å². The Morgan fingerprint density at radius 2 is 2.09 bits per heavy atom. The Kier molecular flexibility index (Phi) is 4.81. The number of rotatable bonds is 7. The van der Waals surface area contributed by atoms with Crippen LogP contribution in [-0.2, 0) is 19.5 Å². The van der Waals surface area contributed by atoms with Crippen LogP contribution in [0.5, 0.6) is 11.5 Å². The Balaban J connectivity index is 1.66. The summed E-state index contributed by atoms with van der Waals surface area (Å²) in [5.74, 6) is 3.61. The summed E-state index contributed by atoms with van der Waals surface area (Å²) in [6.07, 6.45) is 0.816. The van der Waals surface area contributed by atoms with E-state index < -0.39 is 0 Å². The van der Waals surface area contributed by atoms with Gasteiger partial charge in [-0.25, -0.2) is 0 Å². The van der Waals surface area contributed by atoms with Crippen LogP contribution in [0.15, 0.2) is 22.7 Å². The summed E-state index contributed by atoms with van der Waals surface area (Å²) in [4.78, 5) is 6.73. The summed E-state index contributed by atoms with van der Waals surface area (Å²) >= 11 is 0. The number of nitrogens with zero attached hydrogens (tertiary/aromatic N) is 3. The molecule has 0 amide bonds. The highest BCUT2D eigenvalue weighted by Gasteiger charge is 2.19. The van der Waals surface area contributed by atoms with E-state index in [2.05, 4.69) is 41.9 Å². The fraction of sp³-hybridized carbons (Fsp3) is 0.529. The van der Waals surface area contributed by atoms with E-state index in [0.29, 0.717) is 25.1 Å². The van der Waals surface area contributed by atoms with E-state index >= 15 is 0 Å². The number of para-hydroxylation sites is 1. The first-order chi connectivity index (χ1) is 11.2. The standard InChI is InChI=1S/C17H23N3O3/c1-4-20(10-15-18-16(23-19-15)8-12(2)3)9-13-6-5-7-14-17(13)22-11-21-14/h5-7,12H,4,8-11H2,1-3H3. The van der Waals surface area contributed by atoms with Crippen molar-refractivity contribution < 1.29 is 14.0 Å². The van der Waals surface area contributed by atoms with Crippen molar-refractivity contribution in [3.8, 4) is 11.5 Å². The molecule has 0 spiro atoms. The molecule has 3 rings (SSSR count). The van der Waals surface area contributed by atoms with Gasteiger partial charge in [-0.1, -0.05) is 38.1 Å². The minimum Gasteiger partial charge on any atom is -0.454 e. The average molecular weight is 317 g/mol. The van der Waals surface area contributed by atoms with E-state index in [-0.39, 0.29) is 0 Å². The maximum Gasteiger partial charge on any atom is 0.231 e. The molecule has 0 radical (unpaired) electrons. The Morgan fingerprint density at radius 1 is 1.22 bits per heavy atom. The molecule has 6 heteroatoms. The van der Waals surface area contributed by atoms with Crippen LogP contribution in [0, 0.1) is 5.92 Å². The second-order valence-electron chi connectivity index (χ2n) is 6.16. The van der Waals surface area contributed by atoms with Crippen molar-refractivity contribution in [3.63, 3.8) is 0 Å². The van der Waals surface area contributed by atoms with Crippen molar-refractivity contribution in [2.24, 2.45) is 5.92 Å². The molecular formula is C17H23N3O3. The maximum absolute atomic E-state index is 5.57. The molecule has 6 nitrogen and oxygen atoms in total. The number of hydrogen-bond donors (Lipinski definition) is 0. The highest BCUT2D eigenvalue weighted by Crippen LogP contribution is 2.35. The normalized spacial score (nSPS) is 13.3. The van der Waals surface area contributed by atoms with Gasteiger partial charge in [-0.3, -0.25) is 4.90 Å². The smallest absolute Gasteiger partial charge is 0.231 e. The molecule has 0 fully saturated rings. The predicted molar refractivity (Wildman–Crippen MR) is 85.2 cm³/mol. The molecule has 0 N–H and O–H groups in total. The molecule has 1 aromatic carbocycles. The van der Waals surface area contributed by atoms with Gasteiger partial charge in [-0.2, -0.15) is 4.98 Å². The Morgan fingerprint density at radius 3 is 2.87 bits per heavy atom. The molecule has 1 aliphatic heterocycles. The third kappa shape index (κ3) is 3.82. The molecule has 0 atom stereocenters. The number of hydrogen-bond acceptors (Lipinski definition) is 6. The molecule has 0 bridgehead atoms. The van der Waals surface area contributed by atoms with E-state index in [1.165, 1.54) is 0 Å². The summed E-state index contributed by atoms with van der Waals surface area (Å²) in [5.41, 5.74) is 1.12. The van der Waals surface area contributed by atoms with Gasteiger partial charge in [0.05, 0.1) is 6.54 Å². The summed E-state index contributed by atoms with van der Waals surface area (Å²) < 4.78 is 16.3. The third-order valence-corrected chi connectivity index (χ3v) is 3.78. The zero-order valence-corrected chi connectivity index (χ0v) is 13.9. The molecule has 0 aliphatic carbocycles. The first-order valence-electron chi connectivity index (χ1n) is 8.07. The van der Waals surface area contributed by atoms with Gasteiger partial charge in [-0.15, -0.1) is 0 Å². The number of aromatic nitrogens is 2. The zero-order chi connectivity index (χ0) is 16.2. The average Bonchev–Trinajstić information content (AvgIpc) is 3.15.